The average molecular weight is 445 g/mol. The fourth-order valence-electron chi connectivity index (χ4n) is 5.66. The maximum atomic E-state index is 13.5. The summed E-state index contributed by atoms with van der Waals surface area (Å²) in [6.45, 7) is 6.54. The standard InChI is InChI=1S/C27H29FN4O/c1-16-9-25-26(31-17(16)2)8-7-24(27(25)33-23-5-3-21(28)4-6-23)20-14-30-32(15-20)22-10-18-12-29-13-19(18)11-22/h3-8,14-16,18-19,22,29H,9-13H2,1-2H3. The first-order chi connectivity index (χ1) is 16.0. The van der Waals surface area contributed by atoms with E-state index in [0.717, 1.165) is 65.2 Å². The highest BCUT2D eigenvalue weighted by Gasteiger charge is 2.38. The predicted octanol–water partition coefficient (Wildman–Crippen LogP) is 5.94. The summed E-state index contributed by atoms with van der Waals surface area (Å²) >= 11 is 0. The first kappa shape index (κ1) is 20.6. The highest BCUT2D eigenvalue weighted by atomic mass is 19.1. The van der Waals surface area contributed by atoms with Gasteiger partial charge in [-0.15, -0.1) is 0 Å². The van der Waals surface area contributed by atoms with Gasteiger partial charge >= 0.3 is 0 Å². The molecule has 0 spiro atoms. The second kappa shape index (κ2) is 8.10. The number of hydrogen-bond donors (Lipinski definition) is 1. The van der Waals surface area contributed by atoms with Crippen LogP contribution in [-0.2, 0) is 6.42 Å². The molecule has 0 radical (unpaired) electrons. The molecule has 3 aromatic rings. The number of fused-ring (bicyclic) bond motifs is 2. The lowest BCUT2D eigenvalue weighted by atomic mass is 9.90. The lowest BCUT2D eigenvalue weighted by Crippen LogP contribution is -2.15. The molecule has 3 heterocycles. The number of ether oxygens (including phenoxy) is 1. The summed E-state index contributed by atoms with van der Waals surface area (Å²) in [6.07, 6.45) is 7.36. The Morgan fingerprint density at radius 1 is 1.06 bits per heavy atom. The molecule has 1 aromatic heterocycles. The van der Waals surface area contributed by atoms with Crippen molar-refractivity contribution < 1.29 is 9.13 Å². The third-order valence-electron chi connectivity index (χ3n) is 7.71. The Balaban J connectivity index is 1.38. The van der Waals surface area contributed by atoms with E-state index < -0.39 is 0 Å². The molecule has 2 fully saturated rings. The summed E-state index contributed by atoms with van der Waals surface area (Å²) in [6, 6.07) is 10.8. The Kier molecular flexibility index (Phi) is 5.06. The molecule has 1 saturated carbocycles. The van der Waals surface area contributed by atoms with Crippen LogP contribution in [0.1, 0.15) is 38.3 Å². The van der Waals surface area contributed by atoms with E-state index in [9.17, 15) is 4.39 Å². The lowest BCUT2D eigenvalue weighted by Gasteiger charge is -2.24. The predicted molar refractivity (Wildman–Crippen MR) is 128 cm³/mol. The van der Waals surface area contributed by atoms with E-state index in [2.05, 4.69) is 42.2 Å². The lowest BCUT2D eigenvalue weighted by molar-refractivity contribution is 0.433. The van der Waals surface area contributed by atoms with Gasteiger partial charge in [0.1, 0.15) is 17.3 Å². The van der Waals surface area contributed by atoms with Gasteiger partial charge in [0.05, 0.1) is 17.9 Å². The fourth-order valence-corrected chi connectivity index (χ4v) is 5.66. The van der Waals surface area contributed by atoms with E-state index in [1.807, 2.05) is 6.20 Å². The molecule has 0 amide bonds. The molecule has 5 nitrogen and oxygen atoms in total. The minimum atomic E-state index is -0.274. The molecule has 2 aliphatic heterocycles. The van der Waals surface area contributed by atoms with Crippen molar-refractivity contribution in [3.05, 3.63) is 60.2 Å². The summed E-state index contributed by atoms with van der Waals surface area (Å²) in [4.78, 5) is 4.83. The number of halogens is 1. The van der Waals surface area contributed by atoms with Crippen LogP contribution in [0, 0.1) is 23.6 Å². The molecule has 1 saturated heterocycles. The Morgan fingerprint density at radius 3 is 2.58 bits per heavy atom. The summed E-state index contributed by atoms with van der Waals surface area (Å²) in [5, 5.41) is 8.28. The van der Waals surface area contributed by atoms with Crippen molar-refractivity contribution in [2.75, 3.05) is 13.1 Å². The van der Waals surface area contributed by atoms with Crippen LogP contribution in [0.25, 0.3) is 11.1 Å². The first-order valence-corrected chi connectivity index (χ1v) is 11.9. The molecule has 0 bridgehead atoms. The molecule has 3 aliphatic rings. The summed E-state index contributed by atoms with van der Waals surface area (Å²) < 4.78 is 22.1. The van der Waals surface area contributed by atoms with Crippen LogP contribution in [0.5, 0.6) is 11.5 Å². The van der Waals surface area contributed by atoms with Crippen molar-refractivity contribution in [3.8, 4) is 22.6 Å². The molecule has 3 atom stereocenters. The molecule has 33 heavy (non-hydrogen) atoms. The topological polar surface area (TPSA) is 51.4 Å². The van der Waals surface area contributed by atoms with Gasteiger partial charge in [-0.3, -0.25) is 9.67 Å². The zero-order chi connectivity index (χ0) is 22.5. The van der Waals surface area contributed by atoms with E-state index >= 15 is 0 Å². The van der Waals surface area contributed by atoms with Crippen LogP contribution in [0.3, 0.4) is 0 Å². The van der Waals surface area contributed by atoms with Crippen molar-refractivity contribution in [1.29, 1.82) is 0 Å². The van der Waals surface area contributed by atoms with Crippen LogP contribution < -0.4 is 10.1 Å². The number of aliphatic imine (C=N–C) groups is 1. The largest absolute Gasteiger partial charge is 0.456 e. The molecule has 1 N–H and O–H groups in total. The third kappa shape index (κ3) is 3.76. The molecular formula is C27H29FN4O. The number of aromatic nitrogens is 2. The fraction of sp³-hybridized carbons (Fsp3) is 0.407. The van der Waals surface area contributed by atoms with E-state index in [4.69, 9.17) is 14.8 Å². The van der Waals surface area contributed by atoms with Gasteiger partial charge in [-0.25, -0.2) is 4.39 Å². The smallest absolute Gasteiger partial charge is 0.140 e. The summed E-state index contributed by atoms with van der Waals surface area (Å²) in [5.74, 6) is 3.03. The zero-order valence-corrected chi connectivity index (χ0v) is 19.1. The number of rotatable bonds is 4. The average Bonchev–Trinajstić information content (AvgIpc) is 3.53. The van der Waals surface area contributed by atoms with Crippen molar-refractivity contribution in [2.45, 2.75) is 39.2 Å². The van der Waals surface area contributed by atoms with E-state index in [-0.39, 0.29) is 5.82 Å². The van der Waals surface area contributed by atoms with Gasteiger partial charge < -0.3 is 10.1 Å². The van der Waals surface area contributed by atoms with Gasteiger partial charge in [0, 0.05) is 28.6 Å². The minimum absolute atomic E-state index is 0.274. The van der Waals surface area contributed by atoms with Crippen molar-refractivity contribution in [3.63, 3.8) is 0 Å². The van der Waals surface area contributed by atoms with Crippen LogP contribution in [-0.4, -0.2) is 28.6 Å². The van der Waals surface area contributed by atoms with E-state index in [0.29, 0.717) is 17.7 Å². The monoisotopic (exact) mass is 444 g/mol. The third-order valence-corrected chi connectivity index (χ3v) is 7.71. The Labute approximate surface area is 193 Å². The highest BCUT2D eigenvalue weighted by molar-refractivity contribution is 5.90. The quantitative estimate of drug-likeness (QED) is 0.542. The zero-order valence-electron chi connectivity index (χ0n) is 19.1. The molecule has 1 aliphatic carbocycles. The van der Waals surface area contributed by atoms with Crippen LogP contribution in [0.4, 0.5) is 10.1 Å². The van der Waals surface area contributed by atoms with Gasteiger partial charge in [-0.2, -0.15) is 5.10 Å². The van der Waals surface area contributed by atoms with Gasteiger partial charge in [-0.1, -0.05) is 6.92 Å². The van der Waals surface area contributed by atoms with Crippen LogP contribution in [0.2, 0.25) is 0 Å². The Bertz CT molecular complexity index is 1200. The minimum Gasteiger partial charge on any atom is -0.456 e. The van der Waals surface area contributed by atoms with Gasteiger partial charge in [0.25, 0.3) is 0 Å². The SMILES string of the molecule is CC1=Nc2ccc(-c3cnn(C4CC5CNCC5C4)c3)c(Oc3ccc(F)cc3)c2CC1C. The van der Waals surface area contributed by atoms with E-state index in [1.54, 1.807) is 12.1 Å². The second-order valence-electron chi connectivity index (χ2n) is 9.87. The molecule has 6 rings (SSSR count). The maximum absolute atomic E-state index is 13.5. The van der Waals surface area contributed by atoms with Crippen molar-refractivity contribution in [1.82, 2.24) is 15.1 Å². The number of benzene rings is 2. The van der Waals surface area contributed by atoms with Gasteiger partial charge in [0.15, 0.2) is 0 Å². The number of nitrogens with one attached hydrogen (secondary N) is 1. The van der Waals surface area contributed by atoms with Gasteiger partial charge in [0.2, 0.25) is 0 Å². The summed E-state index contributed by atoms with van der Waals surface area (Å²) in [5.41, 5.74) is 5.24. The molecule has 2 aromatic carbocycles. The van der Waals surface area contributed by atoms with Crippen LogP contribution in [0.15, 0.2) is 53.8 Å². The molecule has 170 valence electrons. The second-order valence-corrected chi connectivity index (χ2v) is 9.87. The highest BCUT2D eigenvalue weighted by Crippen LogP contribution is 2.45. The molecule has 3 unspecified atom stereocenters. The Morgan fingerprint density at radius 2 is 1.82 bits per heavy atom. The Hall–Kier alpha value is -2.99. The molecular weight excluding hydrogens is 415 g/mol. The van der Waals surface area contributed by atoms with Gasteiger partial charge in [-0.05, 0) is 93.4 Å². The van der Waals surface area contributed by atoms with Crippen LogP contribution >= 0.6 is 0 Å². The number of nitrogens with zero attached hydrogens (tertiary/aromatic N) is 3. The number of hydrogen-bond acceptors (Lipinski definition) is 4. The summed E-state index contributed by atoms with van der Waals surface area (Å²) in [7, 11) is 0. The molecule has 6 heteroatoms. The maximum Gasteiger partial charge on any atom is 0.140 e. The van der Waals surface area contributed by atoms with E-state index in [1.165, 1.54) is 25.0 Å². The van der Waals surface area contributed by atoms with Crippen molar-refractivity contribution in [2.24, 2.45) is 22.7 Å². The normalized spacial score (nSPS) is 26.1. The van der Waals surface area contributed by atoms with Crippen molar-refractivity contribution >= 4 is 11.4 Å². The first-order valence-electron chi connectivity index (χ1n) is 11.9.